The van der Waals surface area contributed by atoms with E-state index in [2.05, 4.69) is 20.8 Å². The lowest BCUT2D eigenvalue weighted by Crippen LogP contribution is -2.25. The molecule has 108 valence electrons. The van der Waals surface area contributed by atoms with Crippen LogP contribution in [0.2, 0.25) is 0 Å². The van der Waals surface area contributed by atoms with Crippen LogP contribution in [0.15, 0.2) is 30.6 Å². The minimum atomic E-state index is -0.329. The highest BCUT2D eigenvalue weighted by atomic mass is 16.2. The van der Waals surface area contributed by atoms with E-state index in [9.17, 15) is 9.59 Å². The van der Waals surface area contributed by atoms with Gasteiger partial charge in [-0.2, -0.15) is 0 Å². The van der Waals surface area contributed by atoms with Gasteiger partial charge in [0.25, 0.3) is 0 Å². The van der Waals surface area contributed by atoms with Gasteiger partial charge in [-0.3, -0.25) is 9.59 Å². The van der Waals surface area contributed by atoms with Crippen LogP contribution in [0.4, 0.5) is 5.69 Å². The van der Waals surface area contributed by atoms with Gasteiger partial charge in [-0.05, 0) is 12.1 Å². The Bertz CT molecular complexity index is 694. The van der Waals surface area contributed by atoms with Crippen LogP contribution in [0.3, 0.4) is 0 Å². The molecule has 2 aromatic rings. The molecule has 2 N–H and O–H groups in total. The molecule has 21 heavy (non-hydrogen) atoms. The van der Waals surface area contributed by atoms with E-state index in [1.54, 1.807) is 10.9 Å². The summed E-state index contributed by atoms with van der Waals surface area (Å²) in [7, 11) is 1.84. The molecule has 3 rings (SSSR count). The number of nitrogens with one attached hydrogen (secondary N) is 2. The molecule has 1 aromatic carbocycles. The van der Waals surface area contributed by atoms with Crippen molar-refractivity contribution in [1.82, 2.24) is 20.1 Å². The monoisotopic (exact) mass is 285 g/mol. The van der Waals surface area contributed by atoms with E-state index in [-0.39, 0.29) is 24.2 Å². The fourth-order valence-corrected chi connectivity index (χ4v) is 2.34. The maximum Gasteiger partial charge on any atom is 0.229 e. The molecule has 2 amide bonds. The molecule has 7 heteroatoms. The number of carbonyl (C=O) groups excluding carboxylic acids is 2. The van der Waals surface area contributed by atoms with Gasteiger partial charge in [0, 0.05) is 25.6 Å². The summed E-state index contributed by atoms with van der Waals surface area (Å²) in [4.78, 5) is 23.4. The molecule has 1 aromatic heterocycles. The van der Waals surface area contributed by atoms with Crippen LogP contribution < -0.4 is 10.6 Å². The third-order valence-electron chi connectivity index (χ3n) is 3.49. The minimum Gasteiger partial charge on any atom is -0.355 e. The average molecular weight is 285 g/mol. The summed E-state index contributed by atoms with van der Waals surface area (Å²) in [6, 6.07) is 7.40. The third kappa shape index (κ3) is 2.62. The Labute approximate surface area is 121 Å². The number of aromatic nitrogens is 3. The standard InChI is InChI=1S/C14H15N5O2/c1-19-8-16-18-13(19)10-4-2-3-5-11(10)17-14(21)9-6-12(20)15-7-9/h2-5,8-9H,6-7H2,1H3,(H,15,20)(H,17,21). The second-order valence-electron chi connectivity index (χ2n) is 5.01. The first-order chi connectivity index (χ1) is 10.1. The van der Waals surface area contributed by atoms with Crippen molar-refractivity contribution in [2.45, 2.75) is 6.42 Å². The van der Waals surface area contributed by atoms with Crippen molar-refractivity contribution in [3.63, 3.8) is 0 Å². The molecular formula is C14H15N5O2. The molecule has 1 aliphatic rings. The summed E-state index contributed by atoms with van der Waals surface area (Å²) in [6.45, 7) is 0.386. The molecule has 0 spiro atoms. The fourth-order valence-electron chi connectivity index (χ4n) is 2.34. The van der Waals surface area contributed by atoms with E-state index in [1.165, 1.54) is 0 Å². The van der Waals surface area contributed by atoms with Crippen molar-refractivity contribution in [2.24, 2.45) is 13.0 Å². The van der Waals surface area contributed by atoms with Gasteiger partial charge in [0.05, 0.1) is 11.6 Å². The molecule has 7 nitrogen and oxygen atoms in total. The SMILES string of the molecule is Cn1cnnc1-c1ccccc1NC(=O)C1CNC(=O)C1. The zero-order chi connectivity index (χ0) is 14.8. The molecular weight excluding hydrogens is 270 g/mol. The minimum absolute atomic E-state index is 0.0864. The highest BCUT2D eigenvalue weighted by Gasteiger charge is 2.28. The Morgan fingerprint density at radius 1 is 1.43 bits per heavy atom. The lowest BCUT2D eigenvalue weighted by atomic mass is 10.1. The van der Waals surface area contributed by atoms with Crippen LogP contribution in [-0.2, 0) is 16.6 Å². The predicted molar refractivity (Wildman–Crippen MR) is 76.2 cm³/mol. The number of rotatable bonds is 3. The van der Waals surface area contributed by atoms with Crippen LogP contribution >= 0.6 is 0 Å². The number of carbonyl (C=O) groups is 2. The molecule has 1 aliphatic heterocycles. The Hall–Kier alpha value is -2.70. The number of benzene rings is 1. The summed E-state index contributed by atoms with van der Waals surface area (Å²) < 4.78 is 1.78. The zero-order valence-corrected chi connectivity index (χ0v) is 11.5. The van der Waals surface area contributed by atoms with Crippen molar-refractivity contribution in [3.05, 3.63) is 30.6 Å². The molecule has 0 radical (unpaired) electrons. The number of anilines is 1. The molecule has 2 heterocycles. The Kier molecular flexibility index (Phi) is 3.39. The molecule has 1 fully saturated rings. The highest BCUT2D eigenvalue weighted by molar-refractivity contribution is 5.99. The van der Waals surface area contributed by atoms with Crippen LogP contribution in [-0.4, -0.2) is 33.1 Å². The number of para-hydroxylation sites is 1. The smallest absolute Gasteiger partial charge is 0.229 e. The summed E-state index contributed by atoms with van der Waals surface area (Å²) >= 11 is 0. The topological polar surface area (TPSA) is 88.9 Å². The zero-order valence-electron chi connectivity index (χ0n) is 11.5. The van der Waals surface area contributed by atoms with Crippen LogP contribution in [0, 0.1) is 5.92 Å². The van der Waals surface area contributed by atoms with Crippen LogP contribution in [0.1, 0.15) is 6.42 Å². The van der Waals surface area contributed by atoms with Crippen molar-refractivity contribution in [2.75, 3.05) is 11.9 Å². The first kappa shape index (κ1) is 13.3. The lowest BCUT2D eigenvalue weighted by molar-refractivity contribution is -0.123. The Morgan fingerprint density at radius 2 is 2.24 bits per heavy atom. The van der Waals surface area contributed by atoms with Crippen LogP contribution in [0.25, 0.3) is 11.4 Å². The maximum absolute atomic E-state index is 12.2. The van der Waals surface area contributed by atoms with Gasteiger partial charge >= 0.3 is 0 Å². The normalized spacial score (nSPS) is 17.6. The third-order valence-corrected chi connectivity index (χ3v) is 3.49. The van der Waals surface area contributed by atoms with E-state index in [0.29, 0.717) is 18.1 Å². The Balaban J connectivity index is 1.85. The summed E-state index contributed by atoms with van der Waals surface area (Å²) in [6.07, 6.45) is 1.84. The van der Waals surface area contributed by atoms with Gasteiger partial charge < -0.3 is 15.2 Å². The molecule has 1 unspecified atom stereocenters. The summed E-state index contributed by atoms with van der Waals surface area (Å²) in [5.74, 6) is 0.0938. The van der Waals surface area contributed by atoms with Crippen molar-refractivity contribution < 1.29 is 9.59 Å². The number of amides is 2. The molecule has 0 aliphatic carbocycles. The van der Waals surface area contributed by atoms with Crippen molar-refractivity contribution >= 4 is 17.5 Å². The lowest BCUT2D eigenvalue weighted by Gasteiger charge is -2.12. The molecule has 1 atom stereocenters. The van der Waals surface area contributed by atoms with Gasteiger partial charge in [-0.25, -0.2) is 0 Å². The molecule has 0 saturated carbocycles. The first-order valence-corrected chi connectivity index (χ1v) is 6.66. The van der Waals surface area contributed by atoms with E-state index in [1.807, 2.05) is 31.3 Å². The van der Waals surface area contributed by atoms with Gasteiger partial charge in [-0.15, -0.1) is 10.2 Å². The number of nitrogens with zero attached hydrogens (tertiary/aromatic N) is 3. The van der Waals surface area contributed by atoms with Crippen molar-refractivity contribution in [1.29, 1.82) is 0 Å². The quantitative estimate of drug-likeness (QED) is 0.862. The van der Waals surface area contributed by atoms with Gasteiger partial charge in [-0.1, -0.05) is 12.1 Å². The van der Waals surface area contributed by atoms with E-state index >= 15 is 0 Å². The van der Waals surface area contributed by atoms with Gasteiger partial charge in [0.1, 0.15) is 6.33 Å². The van der Waals surface area contributed by atoms with E-state index in [0.717, 1.165) is 5.56 Å². The first-order valence-electron chi connectivity index (χ1n) is 6.66. The fraction of sp³-hybridized carbons (Fsp3) is 0.286. The number of hydrogen-bond donors (Lipinski definition) is 2. The summed E-state index contributed by atoms with van der Waals surface area (Å²) in [5.41, 5.74) is 1.46. The molecule has 0 bridgehead atoms. The second kappa shape index (κ2) is 5.35. The summed E-state index contributed by atoms with van der Waals surface area (Å²) in [5, 5.41) is 13.4. The number of hydrogen-bond acceptors (Lipinski definition) is 4. The Morgan fingerprint density at radius 3 is 2.90 bits per heavy atom. The largest absolute Gasteiger partial charge is 0.355 e. The average Bonchev–Trinajstić information content (AvgIpc) is 3.08. The predicted octanol–water partition coefficient (Wildman–Crippen LogP) is 0.557. The molecule has 1 saturated heterocycles. The maximum atomic E-state index is 12.2. The number of aryl methyl sites for hydroxylation is 1. The van der Waals surface area contributed by atoms with E-state index in [4.69, 9.17) is 0 Å². The second-order valence-corrected chi connectivity index (χ2v) is 5.01. The highest BCUT2D eigenvalue weighted by Crippen LogP contribution is 2.26. The van der Waals surface area contributed by atoms with Crippen LogP contribution in [0.5, 0.6) is 0 Å². The van der Waals surface area contributed by atoms with Gasteiger partial charge in [0.2, 0.25) is 11.8 Å². The van der Waals surface area contributed by atoms with E-state index < -0.39 is 0 Å². The van der Waals surface area contributed by atoms with Gasteiger partial charge in [0.15, 0.2) is 5.82 Å². The van der Waals surface area contributed by atoms with Crippen molar-refractivity contribution in [3.8, 4) is 11.4 Å².